The smallest absolute Gasteiger partial charge is 0.251 e. The number of aliphatic hydroxyl groups is 1. The molecule has 0 aliphatic carbocycles. The molecule has 4 aromatic rings. The van der Waals surface area contributed by atoms with Crippen molar-refractivity contribution in [3.8, 4) is 11.3 Å². The number of carbonyl (C=O) groups excluding carboxylic acids is 1. The molecule has 1 amide bonds. The molecule has 0 aliphatic rings. The van der Waals surface area contributed by atoms with Crippen LogP contribution in [0.25, 0.3) is 16.2 Å². The number of carbonyl (C=O) groups is 1. The largest absolute Gasteiger partial charge is 0.395 e. The standard InChI is InChI=1S/C20H20N6O2S/c27-12-11-22-18(28)15-6-4-14(5-7-15)17-13-26-20(24-17)29-19(25-26)23-10-8-16-3-1-2-9-21-16/h1-7,9,13,27H,8,10-12H2,(H,22,28)(H,23,25). The van der Waals surface area contributed by atoms with Crippen LogP contribution in [-0.4, -0.2) is 50.3 Å². The van der Waals surface area contributed by atoms with Crippen LogP contribution in [0.5, 0.6) is 0 Å². The molecule has 0 radical (unpaired) electrons. The summed E-state index contributed by atoms with van der Waals surface area (Å²) in [6, 6.07) is 13.1. The summed E-state index contributed by atoms with van der Waals surface area (Å²) >= 11 is 1.49. The summed E-state index contributed by atoms with van der Waals surface area (Å²) in [4.78, 5) is 21.6. The third-order valence-electron chi connectivity index (χ3n) is 4.27. The van der Waals surface area contributed by atoms with Crippen molar-refractivity contribution in [2.45, 2.75) is 6.42 Å². The van der Waals surface area contributed by atoms with E-state index in [1.54, 1.807) is 22.8 Å². The Morgan fingerprint density at radius 1 is 1.14 bits per heavy atom. The molecule has 0 fully saturated rings. The van der Waals surface area contributed by atoms with Gasteiger partial charge in [-0.1, -0.05) is 29.5 Å². The third-order valence-corrected chi connectivity index (χ3v) is 5.15. The van der Waals surface area contributed by atoms with Gasteiger partial charge in [-0.05, 0) is 24.3 Å². The summed E-state index contributed by atoms with van der Waals surface area (Å²) in [5, 5.41) is 20.1. The topological polar surface area (TPSA) is 104 Å². The zero-order valence-corrected chi connectivity index (χ0v) is 16.4. The summed E-state index contributed by atoms with van der Waals surface area (Å²) in [5.41, 5.74) is 3.29. The molecule has 3 aromatic heterocycles. The van der Waals surface area contributed by atoms with Gasteiger partial charge in [-0.3, -0.25) is 9.78 Å². The van der Waals surface area contributed by atoms with Gasteiger partial charge >= 0.3 is 0 Å². The number of rotatable bonds is 8. The van der Waals surface area contributed by atoms with Crippen LogP contribution in [0.4, 0.5) is 5.13 Å². The second-order valence-electron chi connectivity index (χ2n) is 6.32. The summed E-state index contributed by atoms with van der Waals surface area (Å²) in [7, 11) is 0. The van der Waals surface area contributed by atoms with E-state index in [1.165, 1.54) is 11.3 Å². The van der Waals surface area contributed by atoms with Gasteiger partial charge in [0.25, 0.3) is 5.91 Å². The molecule has 0 spiro atoms. The molecule has 4 rings (SSSR count). The fraction of sp³-hybridized carbons (Fsp3) is 0.200. The summed E-state index contributed by atoms with van der Waals surface area (Å²) in [5.74, 6) is -0.209. The Hall–Kier alpha value is -3.30. The lowest BCUT2D eigenvalue weighted by molar-refractivity contribution is 0.0945. The Kier molecular flexibility index (Phi) is 5.78. The maximum atomic E-state index is 11.9. The minimum atomic E-state index is -0.209. The zero-order valence-electron chi connectivity index (χ0n) is 15.6. The van der Waals surface area contributed by atoms with Gasteiger partial charge < -0.3 is 15.7 Å². The van der Waals surface area contributed by atoms with Gasteiger partial charge in [0.1, 0.15) is 0 Å². The molecule has 0 bridgehead atoms. The van der Waals surface area contributed by atoms with E-state index < -0.39 is 0 Å². The summed E-state index contributed by atoms with van der Waals surface area (Å²) in [6.45, 7) is 0.907. The van der Waals surface area contributed by atoms with Gasteiger partial charge in [0.05, 0.1) is 18.5 Å². The Labute approximate surface area is 171 Å². The number of amides is 1. The van der Waals surface area contributed by atoms with Crippen LogP contribution in [0.3, 0.4) is 0 Å². The fourth-order valence-corrected chi connectivity index (χ4v) is 3.63. The van der Waals surface area contributed by atoms with Crippen molar-refractivity contribution >= 4 is 27.3 Å². The Morgan fingerprint density at radius 3 is 2.72 bits per heavy atom. The van der Waals surface area contributed by atoms with Crippen LogP contribution in [-0.2, 0) is 6.42 Å². The number of anilines is 1. The number of hydrogen-bond acceptors (Lipinski definition) is 7. The molecular formula is C20H20N6O2S. The second-order valence-corrected chi connectivity index (χ2v) is 7.27. The first-order valence-corrected chi connectivity index (χ1v) is 10.0. The fourth-order valence-electron chi connectivity index (χ4n) is 2.82. The maximum absolute atomic E-state index is 11.9. The molecule has 0 saturated heterocycles. The first-order chi connectivity index (χ1) is 14.2. The number of nitrogens with zero attached hydrogens (tertiary/aromatic N) is 4. The second kappa shape index (κ2) is 8.80. The number of imidazole rings is 1. The minimum absolute atomic E-state index is 0.0811. The molecule has 29 heavy (non-hydrogen) atoms. The van der Waals surface area contributed by atoms with Crippen molar-refractivity contribution in [3.63, 3.8) is 0 Å². The molecule has 3 N–H and O–H groups in total. The zero-order chi connectivity index (χ0) is 20.1. The molecule has 0 atom stereocenters. The molecular weight excluding hydrogens is 388 g/mol. The first-order valence-electron chi connectivity index (χ1n) is 9.22. The molecule has 1 aromatic carbocycles. The summed E-state index contributed by atoms with van der Waals surface area (Å²) in [6.07, 6.45) is 4.49. The first kappa shape index (κ1) is 19.0. The Morgan fingerprint density at radius 2 is 2.00 bits per heavy atom. The van der Waals surface area contributed by atoms with Gasteiger partial charge in [0, 0.05) is 42.5 Å². The van der Waals surface area contributed by atoms with Crippen LogP contribution in [0.15, 0.2) is 54.9 Å². The molecule has 9 heteroatoms. The minimum Gasteiger partial charge on any atom is -0.395 e. The quantitative estimate of drug-likeness (QED) is 0.413. The van der Waals surface area contributed by atoms with Crippen LogP contribution < -0.4 is 10.6 Å². The van der Waals surface area contributed by atoms with E-state index >= 15 is 0 Å². The van der Waals surface area contributed by atoms with E-state index in [4.69, 9.17) is 5.11 Å². The van der Waals surface area contributed by atoms with Gasteiger partial charge in [0.2, 0.25) is 10.1 Å². The van der Waals surface area contributed by atoms with Gasteiger partial charge in [-0.25, -0.2) is 9.50 Å². The van der Waals surface area contributed by atoms with Crippen molar-refractivity contribution in [1.82, 2.24) is 24.9 Å². The Bertz CT molecular complexity index is 1060. The highest BCUT2D eigenvalue weighted by molar-refractivity contribution is 7.20. The number of aliphatic hydroxyl groups excluding tert-OH is 1. The number of benzene rings is 1. The third kappa shape index (κ3) is 4.58. The molecule has 8 nitrogen and oxygen atoms in total. The van der Waals surface area contributed by atoms with Crippen LogP contribution in [0, 0.1) is 0 Å². The number of nitrogens with one attached hydrogen (secondary N) is 2. The van der Waals surface area contributed by atoms with Crippen molar-refractivity contribution in [2.75, 3.05) is 25.0 Å². The van der Waals surface area contributed by atoms with E-state index in [9.17, 15) is 4.79 Å². The van der Waals surface area contributed by atoms with E-state index in [1.807, 2.05) is 36.5 Å². The van der Waals surface area contributed by atoms with Gasteiger partial charge in [-0.15, -0.1) is 5.10 Å². The predicted molar refractivity (Wildman–Crippen MR) is 112 cm³/mol. The number of fused-ring (bicyclic) bond motifs is 1. The molecule has 3 heterocycles. The highest BCUT2D eigenvalue weighted by Gasteiger charge is 2.11. The van der Waals surface area contributed by atoms with Crippen LogP contribution in [0.1, 0.15) is 16.1 Å². The lowest BCUT2D eigenvalue weighted by Crippen LogP contribution is -2.26. The lowest BCUT2D eigenvalue weighted by Gasteiger charge is -2.03. The Balaban J connectivity index is 1.39. The number of pyridine rings is 1. The average molecular weight is 408 g/mol. The molecule has 0 aliphatic heterocycles. The number of hydrogen-bond donors (Lipinski definition) is 3. The highest BCUT2D eigenvalue weighted by atomic mass is 32.1. The van der Waals surface area contributed by atoms with E-state index in [0.29, 0.717) is 5.56 Å². The van der Waals surface area contributed by atoms with Crippen molar-refractivity contribution in [2.24, 2.45) is 0 Å². The normalized spacial score (nSPS) is 10.9. The van der Waals surface area contributed by atoms with Gasteiger partial charge in [0.15, 0.2) is 0 Å². The molecule has 148 valence electrons. The van der Waals surface area contributed by atoms with Crippen LogP contribution in [0.2, 0.25) is 0 Å². The monoisotopic (exact) mass is 408 g/mol. The summed E-state index contributed by atoms with van der Waals surface area (Å²) < 4.78 is 1.75. The highest BCUT2D eigenvalue weighted by Crippen LogP contribution is 2.24. The molecule has 0 saturated carbocycles. The maximum Gasteiger partial charge on any atom is 0.251 e. The lowest BCUT2D eigenvalue weighted by atomic mass is 10.1. The number of aromatic nitrogens is 4. The van der Waals surface area contributed by atoms with Crippen molar-refractivity contribution in [1.29, 1.82) is 0 Å². The van der Waals surface area contributed by atoms with Crippen molar-refractivity contribution in [3.05, 3.63) is 66.1 Å². The van der Waals surface area contributed by atoms with Crippen LogP contribution >= 0.6 is 11.3 Å². The van der Waals surface area contributed by atoms with E-state index in [-0.39, 0.29) is 19.1 Å². The molecule has 0 unspecified atom stereocenters. The van der Waals surface area contributed by atoms with Crippen molar-refractivity contribution < 1.29 is 9.90 Å². The predicted octanol–water partition coefficient (Wildman–Crippen LogP) is 2.23. The van der Waals surface area contributed by atoms with E-state index in [2.05, 4.69) is 25.7 Å². The van der Waals surface area contributed by atoms with Gasteiger partial charge in [-0.2, -0.15) is 0 Å². The van der Waals surface area contributed by atoms with E-state index in [0.717, 1.165) is 40.0 Å². The SMILES string of the molecule is O=C(NCCO)c1ccc(-c2cn3nc(NCCc4ccccn4)sc3n2)cc1. The average Bonchev–Trinajstić information content (AvgIpc) is 3.32.